The van der Waals surface area contributed by atoms with E-state index in [1.54, 1.807) is 27.8 Å². The lowest BCUT2D eigenvalue weighted by Gasteiger charge is -2.22. The van der Waals surface area contributed by atoms with Crippen LogP contribution in [0, 0.1) is 0 Å². The summed E-state index contributed by atoms with van der Waals surface area (Å²) in [5.41, 5.74) is 0.329. The number of hydrogen-bond acceptors (Lipinski definition) is 5. The van der Waals surface area contributed by atoms with Crippen LogP contribution in [0.2, 0.25) is 0 Å². The number of nitrogens with one attached hydrogen (secondary N) is 2. The van der Waals surface area contributed by atoms with Crippen molar-refractivity contribution in [2.24, 2.45) is 0 Å². The fraction of sp³-hybridized carbons (Fsp3) is 0.571. The van der Waals surface area contributed by atoms with E-state index in [2.05, 4.69) is 26.0 Å². The third-order valence-electron chi connectivity index (χ3n) is 3.83. The van der Waals surface area contributed by atoms with Crippen molar-refractivity contribution < 1.29 is 4.79 Å². The first-order valence-corrected chi connectivity index (χ1v) is 7.62. The fourth-order valence-electron chi connectivity index (χ4n) is 2.64. The van der Waals surface area contributed by atoms with Crippen LogP contribution in [0.25, 0.3) is 0 Å². The van der Waals surface area contributed by atoms with Gasteiger partial charge in [0.05, 0.1) is 18.4 Å². The SMILES string of the molecule is CC(C)n1nccc1NC(=O)c1cn(C2CCNCC2)nn1.Cl. The van der Waals surface area contributed by atoms with Crippen LogP contribution >= 0.6 is 12.4 Å². The molecule has 2 aromatic rings. The molecule has 1 aliphatic heterocycles. The number of hydrogen-bond donors (Lipinski definition) is 2. The van der Waals surface area contributed by atoms with Crippen molar-refractivity contribution in [3.05, 3.63) is 24.2 Å². The van der Waals surface area contributed by atoms with E-state index in [4.69, 9.17) is 0 Å². The molecule has 3 heterocycles. The van der Waals surface area contributed by atoms with Gasteiger partial charge >= 0.3 is 0 Å². The lowest BCUT2D eigenvalue weighted by atomic mass is 10.1. The van der Waals surface area contributed by atoms with Crippen molar-refractivity contribution in [1.29, 1.82) is 0 Å². The predicted octanol–water partition coefficient (Wildman–Crippen LogP) is 1.65. The second-order valence-corrected chi connectivity index (χ2v) is 5.77. The van der Waals surface area contributed by atoms with E-state index >= 15 is 0 Å². The Bertz CT molecular complexity index is 645. The lowest BCUT2D eigenvalue weighted by Crippen LogP contribution is -2.29. The van der Waals surface area contributed by atoms with Crippen LogP contribution < -0.4 is 10.6 Å². The molecule has 0 spiro atoms. The summed E-state index contributed by atoms with van der Waals surface area (Å²) in [6, 6.07) is 2.27. The first kappa shape index (κ1) is 17.4. The quantitative estimate of drug-likeness (QED) is 0.884. The molecule has 0 aliphatic carbocycles. The second-order valence-electron chi connectivity index (χ2n) is 5.77. The Morgan fingerprint density at radius 2 is 2.13 bits per heavy atom. The van der Waals surface area contributed by atoms with E-state index in [1.807, 2.05) is 13.8 Å². The van der Waals surface area contributed by atoms with Crippen LogP contribution in [0.5, 0.6) is 0 Å². The van der Waals surface area contributed by atoms with Gasteiger partial charge in [0.2, 0.25) is 0 Å². The van der Waals surface area contributed by atoms with Gasteiger partial charge in [0.1, 0.15) is 5.82 Å². The number of halogens is 1. The molecule has 0 unspecified atom stereocenters. The summed E-state index contributed by atoms with van der Waals surface area (Å²) < 4.78 is 3.56. The van der Waals surface area contributed by atoms with E-state index in [1.165, 1.54) is 0 Å². The highest BCUT2D eigenvalue weighted by Crippen LogP contribution is 2.18. The molecule has 8 nitrogen and oxygen atoms in total. The number of anilines is 1. The number of piperidine rings is 1. The average molecular weight is 340 g/mol. The predicted molar refractivity (Wildman–Crippen MR) is 89.0 cm³/mol. The Kier molecular flexibility index (Phi) is 5.73. The average Bonchev–Trinajstić information content (AvgIpc) is 3.17. The molecule has 0 atom stereocenters. The molecule has 0 aromatic carbocycles. The van der Waals surface area contributed by atoms with E-state index < -0.39 is 0 Å². The molecule has 1 saturated heterocycles. The zero-order chi connectivity index (χ0) is 15.5. The molecule has 3 rings (SSSR count). The molecule has 0 bridgehead atoms. The fourth-order valence-corrected chi connectivity index (χ4v) is 2.64. The Morgan fingerprint density at radius 1 is 1.39 bits per heavy atom. The summed E-state index contributed by atoms with van der Waals surface area (Å²) in [5.74, 6) is 0.402. The smallest absolute Gasteiger partial charge is 0.278 e. The highest BCUT2D eigenvalue weighted by Gasteiger charge is 2.19. The molecule has 1 amide bonds. The summed E-state index contributed by atoms with van der Waals surface area (Å²) in [4.78, 5) is 12.3. The van der Waals surface area contributed by atoms with Crippen molar-refractivity contribution in [3.8, 4) is 0 Å². The van der Waals surface area contributed by atoms with E-state index in [0.29, 0.717) is 17.6 Å². The lowest BCUT2D eigenvalue weighted by molar-refractivity contribution is 0.102. The maximum Gasteiger partial charge on any atom is 0.278 e. The standard InChI is InChI=1S/C14H21N7O.ClH/c1-10(2)21-13(5-8-16-21)17-14(22)12-9-20(19-18-12)11-3-6-15-7-4-11;/h5,8-11,15H,3-4,6-7H2,1-2H3,(H,17,22);1H. The molecule has 126 valence electrons. The summed E-state index contributed by atoms with van der Waals surface area (Å²) in [7, 11) is 0. The van der Waals surface area contributed by atoms with Crippen LogP contribution in [0.4, 0.5) is 5.82 Å². The number of nitrogens with zero attached hydrogens (tertiary/aromatic N) is 5. The Hall–Kier alpha value is -1.93. The molecule has 23 heavy (non-hydrogen) atoms. The zero-order valence-electron chi connectivity index (χ0n) is 13.3. The summed E-state index contributed by atoms with van der Waals surface area (Å²) in [6.45, 7) is 5.96. The van der Waals surface area contributed by atoms with Gasteiger partial charge in [0.15, 0.2) is 5.69 Å². The maximum atomic E-state index is 12.3. The van der Waals surface area contributed by atoms with Crippen LogP contribution in [0.1, 0.15) is 49.3 Å². The van der Waals surface area contributed by atoms with Gasteiger partial charge in [-0.25, -0.2) is 9.36 Å². The van der Waals surface area contributed by atoms with Gasteiger partial charge < -0.3 is 10.6 Å². The molecule has 1 fully saturated rings. The molecular formula is C14H22ClN7O. The van der Waals surface area contributed by atoms with E-state index in [9.17, 15) is 4.79 Å². The van der Waals surface area contributed by atoms with E-state index in [0.717, 1.165) is 25.9 Å². The number of carbonyl (C=O) groups is 1. The van der Waals surface area contributed by atoms with Crippen molar-refractivity contribution in [2.75, 3.05) is 18.4 Å². The maximum absolute atomic E-state index is 12.3. The van der Waals surface area contributed by atoms with Gasteiger partial charge in [-0.1, -0.05) is 5.21 Å². The molecular weight excluding hydrogens is 318 g/mol. The number of amides is 1. The van der Waals surface area contributed by atoms with Crippen LogP contribution in [-0.4, -0.2) is 43.8 Å². The van der Waals surface area contributed by atoms with Crippen molar-refractivity contribution in [1.82, 2.24) is 30.1 Å². The van der Waals surface area contributed by atoms with Gasteiger partial charge in [-0.15, -0.1) is 17.5 Å². The van der Waals surface area contributed by atoms with E-state index in [-0.39, 0.29) is 24.4 Å². The minimum absolute atomic E-state index is 0. The Morgan fingerprint density at radius 3 is 2.83 bits per heavy atom. The normalized spacial score (nSPS) is 15.4. The van der Waals surface area contributed by atoms with Crippen LogP contribution in [0.3, 0.4) is 0 Å². The molecule has 0 radical (unpaired) electrons. The first-order chi connectivity index (χ1) is 10.6. The van der Waals surface area contributed by atoms with Gasteiger partial charge in [-0.2, -0.15) is 5.10 Å². The minimum Gasteiger partial charge on any atom is -0.317 e. The van der Waals surface area contributed by atoms with Gasteiger partial charge in [0.25, 0.3) is 5.91 Å². The third kappa shape index (κ3) is 3.89. The van der Waals surface area contributed by atoms with Crippen LogP contribution in [0.15, 0.2) is 18.5 Å². The van der Waals surface area contributed by atoms with Gasteiger partial charge in [0, 0.05) is 12.1 Å². The third-order valence-corrected chi connectivity index (χ3v) is 3.83. The van der Waals surface area contributed by atoms with Crippen molar-refractivity contribution in [3.63, 3.8) is 0 Å². The summed E-state index contributed by atoms with van der Waals surface area (Å²) in [6.07, 6.45) is 5.40. The topological polar surface area (TPSA) is 89.7 Å². The molecule has 2 N–H and O–H groups in total. The number of carbonyl (C=O) groups excluding carboxylic acids is 1. The second kappa shape index (κ2) is 7.56. The van der Waals surface area contributed by atoms with Crippen molar-refractivity contribution >= 4 is 24.1 Å². The molecule has 1 aliphatic rings. The monoisotopic (exact) mass is 339 g/mol. The van der Waals surface area contributed by atoms with Crippen LogP contribution in [-0.2, 0) is 0 Å². The molecule has 2 aromatic heterocycles. The highest BCUT2D eigenvalue weighted by atomic mass is 35.5. The minimum atomic E-state index is -0.261. The highest BCUT2D eigenvalue weighted by molar-refractivity contribution is 6.02. The van der Waals surface area contributed by atoms with Gasteiger partial charge in [-0.05, 0) is 39.8 Å². The molecule has 0 saturated carbocycles. The Balaban J connectivity index is 0.00000192. The van der Waals surface area contributed by atoms with Crippen molar-refractivity contribution in [2.45, 2.75) is 38.8 Å². The Labute approximate surface area is 141 Å². The largest absolute Gasteiger partial charge is 0.317 e. The number of aromatic nitrogens is 5. The van der Waals surface area contributed by atoms with Gasteiger partial charge in [-0.3, -0.25) is 4.79 Å². The molecule has 9 heteroatoms. The summed E-state index contributed by atoms with van der Waals surface area (Å²) >= 11 is 0. The summed E-state index contributed by atoms with van der Waals surface area (Å²) in [5, 5.41) is 18.4. The number of rotatable bonds is 4. The first-order valence-electron chi connectivity index (χ1n) is 7.62. The zero-order valence-corrected chi connectivity index (χ0v) is 14.1.